The average Bonchev–Trinajstić information content (AvgIpc) is 2.70. The van der Waals surface area contributed by atoms with Gasteiger partial charge in [0.1, 0.15) is 5.75 Å². The molecule has 1 aromatic carbocycles. The molecule has 0 spiro atoms. The van der Waals surface area contributed by atoms with Gasteiger partial charge in [-0.2, -0.15) is 0 Å². The molecule has 0 fully saturated rings. The molecular formula is C12H11NO2S. The molecule has 0 saturated carbocycles. The number of hydrogen-bond donors (Lipinski definition) is 0. The van der Waals surface area contributed by atoms with Crippen LogP contribution in [0.4, 0.5) is 0 Å². The van der Waals surface area contributed by atoms with Crippen molar-refractivity contribution in [3.8, 4) is 17.0 Å². The molecule has 0 amide bonds. The van der Waals surface area contributed by atoms with Crippen LogP contribution in [0.5, 0.6) is 5.75 Å². The Morgan fingerprint density at radius 1 is 1.44 bits per heavy atom. The Morgan fingerprint density at radius 3 is 2.94 bits per heavy atom. The number of rotatable bonds is 3. The zero-order valence-corrected chi connectivity index (χ0v) is 9.88. The van der Waals surface area contributed by atoms with Crippen LogP contribution in [0.25, 0.3) is 11.3 Å². The number of aryl methyl sites for hydroxylation is 1. The molecule has 1 heterocycles. The lowest BCUT2D eigenvalue weighted by Gasteiger charge is -2.02. The Bertz CT molecular complexity index is 519. The summed E-state index contributed by atoms with van der Waals surface area (Å²) in [6, 6.07) is 7.55. The Labute approximate surface area is 97.7 Å². The number of thiazole rings is 1. The summed E-state index contributed by atoms with van der Waals surface area (Å²) in [5, 5.41) is 0.889. The first-order chi connectivity index (χ1) is 7.74. The summed E-state index contributed by atoms with van der Waals surface area (Å²) in [4.78, 5) is 15.9. The highest BCUT2D eigenvalue weighted by atomic mass is 32.1. The molecule has 2 rings (SSSR count). The molecule has 0 saturated heterocycles. The lowest BCUT2D eigenvalue weighted by molar-refractivity contribution is 0.112. The number of methoxy groups -OCH3 is 1. The highest BCUT2D eigenvalue weighted by Gasteiger charge is 2.10. The van der Waals surface area contributed by atoms with Gasteiger partial charge in [0, 0.05) is 5.56 Å². The minimum atomic E-state index is 0.658. The molecule has 0 aliphatic carbocycles. The third kappa shape index (κ3) is 1.97. The number of hydrogen-bond acceptors (Lipinski definition) is 4. The average molecular weight is 233 g/mol. The molecule has 1 aromatic heterocycles. The molecule has 0 aliphatic rings. The van der Waals surface area contributed by atoms with E-state index >= 15 is 0 Å². The molecule has 0 N–H and O–H groups in total. The van der Waals surface area contributed by atoms with Gasteiger partial charge >= 0.3 is 0 Å². The number of carbonyl (C=O) groups is 1. The minimum Gasteiger partial charge on any atom is -0.497 e. The Hall–Kier alpha value is -1.68. The fraction of sp³-hybridized carbons (Fsp3) is 0.167. The third-order valence-corrected chi connectivity index (χ3v) is 3.11. The van der Waals surface area contributed by atoms with E-state index in [1.54, 1.807) is 7.11 Å². The van der Waals surface area contributed by atoms with Gasteiger partial charge in [-0.25, -0.2) is 4.98 Å². The smallest absolute Gasteiger partial charge is 0.162 e. The summed E-state index contributed by atoms with van der Waals surface area (Å²) in [6.45, 7) is 1.89. The third-order valence-electron chi connectivity index (χ3n) is 2.21. The molecule has 0 aliphatic heterocycles. The fourth-order valence-corrected chi connectivity index (χ4v) is 2.26. The van der Waals surface area contributed by atoms with Crippen LogP contribution in [0.1, 0.15) is 14.7 Å². The molecule has 0 bridgehead atoms. The van der Waals surface area contributed by atoms with Crippen LogP contribution in [0.2, 0.25) is 0 Å². The zero-order chi connectivity index (χ0) is 11.5. The van der Waals surface area contributed by atoms with E-state index in [-0.39, 0.29) is 0 Å². The van der Waals surface area contributed by atoms with E-state index in [0.29, 0.717) is 4.88 Å². The predicted molar refractivity (Wildman–Crippen MR) is 64.2 cm³/mol. The predicted octanol–water partition coefficient (Wildman–Crippen LogP) is 2.94. The Kier molecular flexibility index (Phi) is 3.01. The van der Waals surface area contributed by atoms with Crippen LogP contribution in [0, 0.1) is 6.92 Å². The largest absolute Gasteiger partial charge is 0.497 e. The normalized spacial score (nSPS) is 10.1. The lowest BCUT2D eigenvalue weighted by atomic mass is 10.1. The summed E-state index contributed by atoms with van der Waals surface area (Å²) in [7, 11) is 1.62. The van der Waals surface area contributed by atoms with E-state index in [2.05, 4.69) is 4.98 Å². The first-order valence-corrected chi connectivity index (χ1v) is 5.63. The molecule has 82 valence electrons. The van der Waals surface area contributed by atoms with Crippen molar-refractivity contribution in [3.63, 3.8) is 0 Å². The van der Waals surface area contributed by atoms with Crippen molar-refractivity contribution >= 4 is 17.6 Å². The second-order valence-electron chi connectivity index (χ2n) is 3.30. The summed E-state index contributed by atoms with van der Waals surface area (Å²) < 4.78 is 5.14. The van der Waals surface area contributed by atoms with Crippen molar-refractivity contribution in [1.29, 1.82) is 0 Å². The van der Waals surface area contributed by atoms with Crippen molar-refractivity contribution in [2.24, 2.45) is 0 Å². The van der Waals surface area contributed by atoms with Gasteiger partial charge in [0.25, 0.3) is 0 Å². The highest BCUT2D eigenvalue weighted by Crippen LogP contribution is 2.28. The van der Waals surface area contributed by atoms with Gasteiger partial charge in [0.15, 0.2) is 6.29 Å². The molecule has 0 atom stereocenters. The van der Waals surface area contributed by atoms with Crippen molar-refractivity contribution in [2.75, 3.05) is 7.11 Å². The maximum Gasteiger partial charge on any atom is 0.162 e. The van der Waals surface area contributed by atoms with E-state index < -0.39 is 0 Å². The standard InChI is InChI=1S/C12H11NO2S/c1-8-13-12(11(7-14)16-8)9-4-3-5-10(6-9)15-2/h3-7H,1-2H3. The molecule has 0 unspecified atom stereocenters. The first-order valence-electron chi connectivity index (χ1n) is 4.81. The van der Waals surface area contributed by atoms with Gasteiger partial charge in [0.05, 0.1) is 22.7 Å². The van der Waals surface area contributed by atoms with Crippen molar-refractivity contribution in [3.05, 3.63) is 34.2 Å². The van der Waals surface area contributed by atoms with Gasteiger partial charge in [0.2, 0.25) is 0 Å². The highest BCUT2D eigenvalue weighted by molar-refractivity contribution is 7.13. The molecular weight excluding hydrogens is 222 g/mol. The number of nitrogens with zero attached hydrogens (tertiary/aromatic N) is 1. The second kappa shape index (κ2) is 4.45. The SMILES string of the molecule is COc1cccc(-c2nc(C)sc2C=O)c1. The quantitative estimate of drug-likeness (QED) is 0.765. The van der Waals surface area contributed by atoms with Gasteiger partial charge in [-0.3, -0.25) is 4.79 Å². The number of benzene rings is 1. The van der Waals surface area contributed by atoms with E-state index in [1.807, 2.05) is 31.2 Å². The van der Waals surface area contributed by atoms with Crippen LogP contribution in [0.3, 0.4) is 0 Å². The number of aldehydes is 1. The summed E-state index contributed by atoms with van der Waals surface area (Å²) in [6.07, 6.45) is 0.847. The number of ether oxygens (including phenoxy) is 1. The molecule has 0 radical (unpaired) electrons. The van der Waals surface area contributed by atoms with Crippen LogP contribution < -0.4 is 4.74 Å². The van der Waals surface area contributed by atoms with Crippen LogP contribution in [0.15, 0.2) is 24.3 Å². The number of aromatic nitrogens is 1. The van der Waals surface area contributed by atoms with E-state index in [4.69, 9.17) is 4.74 Å². The Balaban J connectivity index is 2.52. The second-order valence-corrected chi connectivity index (χ2v) is 4.53. The van der Waals surface area contributed by atoms with Crippen LogP contribution in [-0.4, -0.2) is 18.4 Å². The zero-order valence-electron chi connectivity index (χ0n) is 9.06. The monoisotopic (exact) mass is 233 g/mol. The fourth-order valence-electron chi connectivity index (χ4n) is 1.50. The van der Waals surface area contributed by atoms with Crippen LogP contribution >= 0.6 is 11.3 Å². The van der Waals surface area contributed by atoms with E-state index in [1.165, 1.54) is 11.3 Å². The number of carbonyl (C=O) groups excluding carboxylic acids is 1. The summed E-state index contributed by atoms with van der Waals surface area (Å²) in [5.41, 5.74) is 1.64. The first kappa shape index (κ1) is 10.8. The van der Waals surface area contributed by atoms with Gasteiger partial charge < -0.3 is 4.74 Å². The van der Waals surface area contributed by atoms with Crippen molar-refractivity contribution in [1.82, 2.24) is 4.98 Å². The topological polar surface area (TPSA) is 39.2 Å². The maximum absolute atomic E-state index is 10.9. The van der Waals surface area contributed by atoms with Crippen molar-refractivity contribution < 1.29 is 9.53 Å². The molecule has 16 heavy (non-hydrogen) atoms. The maximum atomic E-state index is 10.9. The van der Waals surface area contributed by atoms with E-state index in [0.717, 1.165) is 28.3 Å². The van der Waals surface area contributed by atoms with Gasteiger partial charge in [-0.1, -0.05) is 12.1 Å². The van der Waals surface area contributed by atoms with Gasteiger partial charge in [-0.05, 0) is 19.1 Å². The molecule has 2 aromatic rings. The van der Waals surface area contributed by atoms with Crippen LogP contribution in [-0.2, 0) is 0 Å². The molecule has 4 heteroatoms. The van der Waals surface area contributed by atoms with Crippen molar-refractivity contribution in [2.45, 2.75) is 6.92 Å². The lowest BCUT2D eigenvalue weighted by Crippen LogP contribution is -1.86. The molecule has 3 nitrogen and oxygen atoms in total. The summed E-state index contributed by atoms with van der Waals surface area (Å²) in [5.74, 6) is 0.764. The minimum absolute atomic E-state index is 0.658. The summed E-state index contributed by atoms with van der Waals surface area (Å²) >= 11 is 1.40. The van der Waals surface area contributed by atoms with E-state index in [9.17, 15) is 4.79 Å². The van der Waals surface area contributed by atoms with Gasteiger partial charge in [-0.15, -0.1) is 11.3 Å². The Morgan fingerprint density at radius 2 is 2.25 bits per heavy atom.